The first-order valence-electron chi connectivity index (χ1n) is 24.8. The Labute approximate surface area is 437 Å². The van der Waals surface area contributed by atoms with Gasteiger partial charge in [0, 0.05) is 71.8 Å². The maximum Gasteiger partial charge on any atom is 0.308 e. The van der Waals surface area contributed by atoms with E-state index in [1.54, 1.807) is 45.1 Å². The fourth-order valence-electron chi connectivity index (χ4n) is 9.52. The number of carbonyl (C=O) groups excluding carboxylic acids is 1. The second kappa shape index (κ2) is 32.6. The van der Waals surface area contributed by atoms with Crippen molar-refractivity contribution in [1.29, 1.82) is 0 Å². The second-order valence-corrected chi connectivity index (χ2v) is 23.9. The molecular formula is C44H82N6O18S4. The van der Waals surface area contributed by atoms with Crippen LogP contribution >= 0.6 is 45.1 Å². The van der Waals surface area contributed by atoms with Crippen LogP contribution in [0.4, 0.5) is 0 Å². The highest BCUT2D eigenvalue weighted by molar-refractivity contribution is 8.76. The zero-order valence-corrected chi connectivity index (χ0v) is 43.8. The molecule has 22 unspecified atom stereocenters. The molecule has 72 heavy (non-hydrogen) atoms. The van der Waals surface area contributed by atoms with Gasteiger partial charge < -0.3 is 108 Å². The van der Waals surface area contributed by atoms with E-state index in [9.17, 15) is 45.8 Å². The van der Waals surface area contributed by atoms with Gasteiger partial charge in [0.1, 0.15) is 42.7 Å². The van der Waals surface area contributed by atoms with Crippen molar-refractivity contribution in [2.24, 2.45) is 46.2 Å². The molecule has 5 fully saturated rings. The Morgan fingerprint density at radius 3 is 2.06 bits per heavy atom. The van der Waals surface area contributed by atoms with E-state index in [1.807, 2.05) is 0 Å². The van der Waals surface area contributed by atoms with Crippen LogP contribution in [0.5, 0.6) is 0 Å². The Balaban J connectivity index is 0.844. The molecule has 3 aliphatic heterocycles. The highest BCUT2D eigenvalue weighted by Crippen LogP contribution is 2.44. The van der Waals surface area contributed by atoms with Crippen molar-refractivity contribution in [3.63, 3.8) is 0 Å². The third-order valence-electron chi connectivity index (χ3n) is 13.4. The van der Waals surface area contributed by atoms with Gasteiger partial charge in [0.05, 0.1) is 69.5 Å². The number of aliphatic hydroxyl groups is 7. The highest BCUT2D eigenvalue weighted by atomic mass is 33.1. The third-order valence-corrected chi connectivity index (χ3v) is 17.7. The summed E-state index contributed by atoms with van der Waals surface area (Å²) in [5.41, 5.74) is 36.5. The van der Waals surface area contributed by atoms with Gasteiger partial charge in [0.15, 0.2) is 18.9 Å². The summed E-state index contributed by atoms with van der Waals surface area (Å²) in [7, 11) is 3.41. The van der Waals surface area contributed by atoms with Crippen molar-refractivity contribution in [3.05, 3.63) is 12.2 Å². The van der Waals surface area contributed by atoms with Crippen LogP contribution in [0.15, 0.2) is 12.2 Å². The van der Waals surface area contributed by atoms with Crippen molar-refractivity contribution in [1.82, 2.24) is 0 Å². The van der Waals surface area contributed by atoms with Gasteiger partial charge in [0.25, 0.3) is 0 Å². The molecule has 0 aromatic carbocycles. The summed E-state index contributed by atoms with van der Waals surface area (Å²) in [6.45, 7) is 2.56. The minimum absolute atomic E-state index is 0.0702. The molecule has 0 bridgehead atoms. The average Bonchev–Trinajstić information content (AvgIpc) is 3.34. The van der Waals surface area contributed by atoms with Crippen LogP contribution in [-0.4, -0.2) is 243 Å². The first-order valence-corrected chi connectivity index (χ1v) is 29.6. The second-order valence-electron chi connectivity index (χ2n) is 18.8. The molecule has 420 valence electrons. The number of hydrogen-bond donors (Lipinski definition) is 14. The topological polar surface area (TPSA) is 418 Å². The van der Waals surface area contributed by atoms with E-state index in [0.717, 1.165) is 17.3 Å². The fraction of sp³-hybridized carbons (Fsp3) is 0.932. The molecule has 20 N–H and O–H groups in total. The normalized spacial score (nSPS) is 38.5. The van der Waals surface area contributed by atoms with Crippen molar-refractivity contribution in [3.8, 4) is 0 Å². The van der Waals surface area contributed by atoms with E-state index in [4.69, 9.17) is 72.3 Å². The number of hydrogen-bond acceptors (Lipinski definition) is 28. The molecule has 0 amide bonds. The van der Waals surface area contributed by atoms with Crippen molar-refractivity contribution in [2.75, 3.05) is 74.0 Å². The first kappa shape index (κ1) is 62.6. The van der Waals surface area contributed by atoms with Gasteiger partial charge in [-0.3, -0.25) is 10.1 Å². The molecular weight excluding hydrogens is 1030 g/mol. The fourth-order valence-corrected chi connectivity index (χ4v) is 13.0. The lowest BCUT2D eigenvalue weighted by Crippen LogP contribution is -2.67. The maximum atomic E-state index is 12.5. The lowest BCUT2D eigenvalue weighted by molar-refractivity contribution is -0.360. The molecule has 2 saturated carbocycles. The molecule has 0 spiro atoms. The van der Waals surface area contributed by atoms with Gasteiger partial charge in [-0.1, -0.05) is 27.7 Å². The molecule has 5 rings (SSSR count). The van der Waals surface area contributed by atoms with Gasteiger partial charge in [-0.05, 0) is 56.4 Å². The summed E-state index contributed by atoms with van der Waals surface area (Å²) in [6, 6.07) is -2.77. The van der Waals surface area contributed by atoms with E-state index in [0.29, 0.717) is 62.9 Å². The Hall–Kier alpha value is -0.270. The number of ether oxygens (including phenoxy) is 8. The number of aliphatic hydroxyl groups excluding tert-OH is 7. The SMILES string of the molecule is NCCC(O)CC(=O)OC1C(N)CC2CC3C(OC(CSCCOCCSSCCOCCSCCC(O)C=CC(O)OC4C(N)CC(N)C(OC5OC(CN)CC(OO)C5O)C4O)C(O)C3N)OC2C1O. The van der Waals surface area contributed by atoms with Crippen LogP contribution in [0.1, 0.15) is 44.9 Å². The zero-order valence-electron chi connectivity index (χ0n) is 40.5. The Kier molecular flexibility index (Phi) is 28.3. The Morgan fingerprint density at radius 1 is 0.708 bits per heavy atom. The molecule has 0 aromatic rings. The summed E-state index contributed by atoms with van der Waals surface area (Å²) in [5, 5.41) is 84.0. The van der Waals surface area contributed by atoms with E-state index < -0.39 is 128 Å². The maximum absolute atomic E-state index is 12.5. The molecule has 3 saturated heterocycles. The summed E-state index contributed by atoms with van der Waals surface area (Å²) < 4.78 is 46.7. The number of carbonyl (C=O) groups is 1. The molecule has 2 aliphatic carbocycles. The van der Waals surface area contributed by atoms with Crippen LogP contribution in [-0.2, 0) is 47.6 Å². The molecule has 22 atom stereocenters. The predicted octanol–water partition coefficient (Wildman–Crippen LogP) is -3.49. The number of thioether (sulfide) groups is 2. The monoisotopic (exact) mass is 1110 g/mol. The number of esters is 1. The summed E-state index contributed by atoms with van der Waals surface area (Å²) in [6.07, 6.45) is -12.1. The summed E-state index contributed by atoms with van der Waals surface area (Å²) >= 11 is 3.20. The Bertz CT molecular complexity index is 1570. The highest BCUT2D eigenvalue weighted by Gasteiger charge is 2.55. The molecule has 0 radical (unpaired) electrons. The lowest BCUT2D eigenvalue weighted by Gasteiger charge is -2.53. The predicted molar refractivity (Wildman–Crippen MR) is 271 cm³/mol. The van der Waals surface area contributed by atoms with Crippen LogP contribution in [0.2, 0.25) is 0 Å². The number of nitrogens with two attached hydrogens (primary N) is 6. The standard InChI is InChI=1S/C44H82N6O18S4/c45-5-3-24(52)17-33(54)65-40-27(47)16-22-15-26-34(50)35(55)31(63-43(26)66-39(22)37(40)57)21-70-12-7-61-9-14-72-71-13-8-60-6-11-69-10-4-23(51)1-2-32(53)64-41-28(48)19-29(49)42(38(41)58)67-44-36(56)30(68-59)18-25(20-46)62-44/h1-2,22-32,34-44,51-53,55-59H,3-21,45-50H2. The van der Waals surface area contributed by atoms with Crippen molar-refractivity contribution < 1.29 is 88.6 Å². The minimum Gasteiger partial charge on any atom is -0.458 e. The summed E-state index contributed by atoms with van der Waals surface area (Å²) in [4.78, 5) is 16.8. The van der Waals surface area contributed by atoms with Crippen LogP contribution in [0, 0.1) is 11.8 Å². The van der Waals surface area contributed by atoms with E-state index >= 15 is 0 Å². The largest absolute Gasteiger partial charge is 0.458 e. The molecule has 5 aliphatic rings. The van der Waals surface area contributed by atoms with E-state index in [2.05, 4.69) is 4.89 Å². The molecule has 3 heterocycles. The first-order chi connectivity index (χ1) is 34.6. The van der Waals surface area contributed by atoms with E-state index in [-0.39, 0.29) is 50.6 Å². The zero-order chi connectivity index (χ0) is 52.3. The van der Waals surface area contributed by atoms with Crippen molar-refractivity contribution >= 4 is 51.1 Å². The van der Waals surface area contributed by atoms with Gasteiger partial charge in [-0.25, -0.2) is 4.89 Å². The van der Waals surface area contributed by atoms with Crippen LogP contribution < -0.4 is 34.4 Å². The lowest BCUT2D eigenvalue weighted by atomic mass is 9.71. The average molecular weight is 1110 g/mol. The van der Waals surface area contributed by atoms with Crippen LogP contribution in [0.25, 0.3) is 0 Å². The van der Waals surface area contributed by atoms with E-state index in [1.165, 1.54) is 12.2 Å². The summed E-state index contributed by atoms with van der Waals surface area (Å²) in [5.74, 6) is 3.04. The smallest absolute Gasteiger partial charge is 0.308 e. The van der Waals surface area contributed by atoms with Gasteiger partial charge in [0.2, 0.25) is 0 Å². The van der Waals surface area contributed by atoms with Crippen molar-refractivity contribution in [2.45, 2.75) is 167 Å². The molecule has 28 heteroatoms. The Morgan fingerprint density at radius 2 is 1.38 bits per heavy atom. The molecule has 0 aromatic heterocycles. The van der Waals surface area contributed by atoms with Gasteiger partial charge >= 0.3 is 5.97 Å². The van der Waals surface area contributed by atoms with Gasteiger partial charge in [-0.2, -0.15) is 23.5 Å². The molecule has 24 nitrogen and oxygen atoms in total. The van der Waals surface area contributed by atoms with Gasteiger partial charge in [-0.15, -0.1) is 0 Å². The van der Waals surface area contributed by atoms with Crippen LogP contribution in [0.3, 0.4) is 0 Å². The quantitative estimate of drug-likeness (QED) is 0.00609. The minimum atomic E-state index is -1.51. The number of rotatable bonds is 31. The third kappa shape index (κ3) is 19.0. The number of fused-ring (bicyclic) bond motifs is 2.